The second kappa shape index (κ2) is 9.31. The summed E-state index contributed by atoms with van der Waals surface area (Å²) in [7, 11) is 1.37. The Balaban J connectivity index is 1.69. The number of nitrogens with zero attached hydrogens (tertiary/aromatic N) is 2. The van der Waals surface area contributed by atoms with Gasteiger partial charge in [0.25, 0.3) is 0 Å². The second-order valence-electron chi connectivity index (χ2n) is 7.45. The van der Waals surface area contributed by atoms with E-state index in [9.17, 15) is 4.79 Å². The third kappa shape index (κ3) is 4.32. The first-order valence-electron chi connectivity index (χ1n) is 10.4. The summed E-state index contributed by atoms with van der Waals surface area (Å²) < 4.78 is 11.1. The SMILES string of the molecule is CCCCN1C(=S)N[C@@H](c2ccccn2)[C@H]1c1ccc(-c2cccc(C(=O)OC)c2)o1. The van der Waals surface area contributed by atoms with Crippen LogP contribution in [0.25, 0.3) is 11.3 Å². The number of esters is 1. The monoisotopic (exact) mass is 435 g/mol. The molecule has 1 aliphatic heterocycles. The van der Waals surface area contributed by atoms with Crippen molar-refractivity contribution < 1.29 is 13.9 Å². The number of methoxy groups -OCH3 is 1. The van der Waals surface area contributed by atoms with Gasteiger partial charge in [0.2, 0.25) is 0 Å². The number of hydrogen-bond donors (Lipinski definition) is 1. The van der Waals surface area contributed by atoms with Crippen molar-refractivity contribution in [2.24, 2.45) is 0 Å². The van der Waals surface area contributed by atoms with Gasteiger partial charge >= 0.3 is 5.97 Å². The molecule has 1 saturated heterocycles. The molecule has 1 aliphatic rings. The minimum Gasteiger partial charge on any atom is -0.465 e. The van der Waals surface area contributed by atoms with E-state index in [-0.39, 0.29) is 18.1 Å². The van der Waals surface area contributed by atoms with E-state index in [2.05, 4.69) is 22.1 Å². The zero-order chi connectivity index (χ0) is 21.8. The van der Waals surface area contributed by atoms with Crippen LogP contribution in [0.3, 0.4) is 0 Å². The number of aromatic nitrogens is 1. The molecule has 0 unspecified atom stereocenters. The highest BCUT2D eigenvalue weighted by Gasteiger charge is 2.41. The molecule has 2 aromatic heterocycles. The lowest BCUT2D eigenvalue weighted by Gasteiger charge is -2.25. The van der Waals surface area contributed by atoms with Gasteiger partial charge in [-0.05, 0) is 55.0 Å². The van der Waals surface area contributed by atoms with E-state index in [0.717, 1.165) is 36.4 Å². The Kier molecular flexibility index (Phi) is 6.32. The number of rotatable bonds is 7. The Morgan fingerprint density at radius 3 is 2.84 bits per heavy atom. The number of thiocarbonyl (C=S) groups is 1. The highest BCUT2D eigenvalue weighted by Crippen LogP contribution is 2.40. The van der Waals surface area contributed by atoms with Gasteiger partial charge in [-0.15, -0.1) is 0 Å². The van der Waals surface area contributed by atoms with E-state index in [1.807, 2.05) is 42.5 Å². The van der Waals surface area contributed by atoms with Crippen molar-refractivity contribution in [3.63, 3.8) is 0 Å². The van der Waals surface area contributed by atoms with Crippen molar-refractivity contribution in [1.29, 1.82) is 0 Å². The van der Waals surface area contributed by atoms with E-state index in [1.54, 1.807) is 18.3 Å². The Hall–Kier alpha value is -3.19. The van der Waals surface area contributed by atoms with Crippen molar-refractivity contribution in [1.82, 2.24) is 15.2 Å². The quantitative estimate of drug-likeness (QED) is 0.418. The van der Waals surface area contributed by atoms with Crippen molar-refractivity contribution in [2.75, 3.05) is 13.7 Å². The molecular weight excluding hydrogens is 410 g/mol. The van der Waals surface area contributed by atoms with Gasteiger partial charge in [0.15, 0.2) is 5.11 Å². The Labute approximate surface area is 187 Å². The van der Waals surface area contributed by atoms with Crippen LogP contribution in [0, 0.1) is 0 Å². The molecule has 160 valence electrons. The fraction of sp³-hybridized carbons (Fsp3) is 0.292. The third-order valence-corrected chi connectivity index (χ3v) is 5.79. The van der Waals surface area contributed by atoms with Crippen molar-refractivity contribution >= 4 is 23.3 Å². The van der Waals surface area contributed by atoms with E-state index in [4.69, 9.17) is 21.4 Å². The molecule has 31 heavy (non-hydrogen) atoms. The van der Waals surface area contributed by atoms with Crippen LogP contribution in [0.2, 0.25) is 0 Å². The molecule has 1 N–H and O–H groups in total. The molecule has 3 heterocycles. The smallest absolute Gasteiger partial charge is 0.337 e. The zero-order valence-corrected chi connectivity index (χ0v) is 18.4. The molecule has 0 radical (unpaired) electrons. The minimum atomic E-state index is -0.375. The normalized spacial score (nSPS) is 18.1. The molecule has 3 aromatic rings. The van der Waals surface area contributed by atoms with Crippen LogP contribution < -0.4 is 5.32 Å². The lowest BCUT2D eigenvalue weighted by molar-refractivity contribution is 0.0601. The van der Waals surface area contributed by atoms with Gasteiger partial charge in [0.05, 0.1) is 24.4 Å². The molecule has 2 atom stereocenters. The lowest BCUT2D eigenvalue weighted by Crippen LogP contribution is -2.30. The molecule has 0 aliphatic carbocycles. The molecule has 6 nitrogen and oxygen atoms in total. The number of pyridine rings is 1. The first-order valence-corrected chi connectivity index (χ1v) is 10.8. The molecular formula is C24H25N3O3S. The predicted octanol–water partition coefficient (Wildman–Crippen LogP) is 4.90. The van der Waals surface area contributed by atoms with Gasteiger partial charge in [0.1, 0.15) is 17.6 Å². The van der Waals surface area contributed by atoms with Gasteiger partial charge in [-0.25, -0.2) is 4.79 Å². The molecule has 0 amide bonds. The topological polar surface area (TPSA) is 67.6 Å². The number of hydrogen-bond acceptors (Lipinski definition) is 5. The maximum Gasteiger partial charge on any atom is 0.337 e. The van der Waals surface area contributed by atoms with Crippen LogP contribution in [-0.2, 0) is 4.74 Å². The maximum atomic E-state index is 11.9. The summed E-state index contributed by atoms with van der Waals surface area (Å²) in [5.74, 6) is 1.12. The number of unbranched alkanes of at least 4 members (excludes halogenated alkanes) is 1. The fourth-order valence-electron chi connectivity index (χ4n) is 3.87. The predicted molar refractivity (Wildman–Crippen MR) is 123 cm³/mol. The third-order valence-electron chi connectivity index (χ3n) is 5.44. The molecule has 4 rings (SSSR count). The van der Waals surface area contributed by atoms with E-state index < -0.39 is 0 Å². The van der Waals surface area contributed by atoms with Crippen LogP contribution in [0.4, 0.5) is 0 Å². The fourth-order valence-corrected chi connectivity index (χ4v) is 4.20. The van der Waals surface area contributed by atoms with E-state index in [0.29, 0.717) is 16.4 Å². The molecule has 1 aromatic carbocycles. The van der Waals surface area contributed by atoms with E-state index >= 15 is 0 Å². The summed E-state index contributed by atoms with van der Waals surface area (Å²) >= 11 is 5.66. The minimum absolute atomic E-state index is 0.105. The second-order valence-corrected chi connectivity index (χ2v) is 7.83. The number of furan rings is 1. The van der Waals surface area contributed by atoms with Crippen molar-refractivity contribution in [3.8, 4) is 11.3 Å². The number of benzene rings is 1. The van der Waals surface area contributed by atoms with E-state index in [1.165, 1.54) is 7.11 Å². The van der Waals surface area contributed by atoms with Crippen LogP contribution in [-0.4, -0.2) is 34.6 Å². The number of nitrogens with one attached hydrogen (secondary N) is 1. The molecule has 7 heteroatoms. The van der Waals surface area contributed by atoms with Crippen molar-refractivity contribution in [3.05, 3.63) is 77.8 Å². The van der Waals surface area contributed by atoms with Crippen molar-refractivity contribution in [2.45, 2.75) is 31.8 Å². The van der Waals surface area contributed by atoms with Gasteiger partial charge in [-0.3, -0.25) is 4.98 Å². The summed E-state index contributed by atoms with van der Waals surface area (Å²) in [6.07, 6.45) is 3.89. The highest BCUT2D eigenvalue weighted by molar-refractivity contribution is 7.80. The summed E-state index contributed by atoms with van der Waals surface area (Å²) in [6, 6.07) is 16.8. The van der Waals surface area contributed by atoms with Crippen LogP contribution in [0.1, 0.15) is 53.7 Å². The van der Waals surface area contributed by atoms with Gasteiger partial charge in [-0.1, -0.05) is 31.5 Å². The average Bonchev–Trinajstić information content (AvgIpc) is 3.42. The first kappa shape index (κ1) is 21.1. The standard InChI is InChI=1S/C24H25N3O3S/c1-3-4-14-27-22(21(26-24(27)31)18-10-5-6-13-25-18)20-12-11-19(30-20)16-8-7-9-17(15-16)23(28)29-2/h5-13,15,21-22H,3-4,14H2,1-2H3,(H,26,31)/t21-,22+/m0/s1. The Bertz CT molecular complexity index is 1070. The largest absolute Gasteiger partial charge is 0.465 e. The molecule has 1 fully saturated rings. The highest BCUT2D eigenvalue weighted by atomic mass is 32.1. The summed E-state index contributed by atoms with van der Waals surface area (Å²) in [6.45, 7) is 3.00. The number of ether oxygens (including phenoxy) is 1. The Morgan fingerprint density at radius 2 is 2.10 bits per heavy atom. The maximum absolute atomic E-state index is 11.9. The first-order chi connectivity index (χ1) is 15.1. The van der Waals surface area contributed by atoms with Gasteiger partial charge in [0, 0.05) is 18.3 Å². The van der Waals surface area contributed by atoms with Crippen LogP contribution in [0.15, 0.2) is 65.2 Å². The molecule has 0 saturated carbocycles. The number of carbonyl (C=O) groups is 1. The lowest BCUT2D eigenvalue weighted by atomic mass is 10.0. The molecule has 0 spiro atoms. The summed E-state index contributed by atoms with van der Waals surface area (Å²) in [5, 5.41) is 4.14. The Morgan fingerprint density at radius 1 is 1.23 bits per heavy atom. The van der Waals surface area contributed by atoms with Crippen LogP contribution >= 0.6 is 12.2 Å². The number of carbonyl (C=O) groups excluding carboxylic acids is 1. The molecule has 0 bridgehead atoms. The summed E-state index contributed by atoms with van der Waals surface area (Å²) in [4.78, 5) is 18.6. The average molecular weight is 436 g/mol. The van der Waals surface area contributed by atoms with Crippen LogP contribution in [0.5, 0.6) is 0 Å². The van der Waals surface area contributed by atoms with Gasteiger partial charge in [-0.2, -0.15) is 0 Å². The zero-order valence-electron chi connectivity index (χ0n) is 17.6. The summed E-state index contributed by atoms with van der Waals surface area (Å²) in [5.41, 5.74) is 2.22. The van der Waals surface area contributed by atoms with Gasteiger partial charge < -0.3 is 19.4 Å².